The molecule has 2 unspecified atom stereocenters. The zero-order valence-corrected chi connectivity index (χ0v) is 11.0. The molecular weight excluding hydrogens is 200 g/mol. The second-order valence-electron chi connectivity index (χ2n) is 4.95. The summed E-state index contributed by atoms with van der Waals surface area (Å²) in [4.78, 5) is 13.8. The van der Waals surface area contributed by atoms with E-state index in [0.717, 1.165) is 19.4 Å². The number of nitrogens with one attached hydrogen (secondary N) is 1. The predicted octanol–water partition coefficient (Wildman–Crippen LogP) is 2.17. The van der Waals surface area contributed by atoms with E-state index < -0.39 is 0 Å². The Labute approximate surface area is 99.6 Å². The van der Waals surface area contributed by atoms with Gasteiger partial charge in [0, 0.05) is 25.6 Å². The average Bonchev–Trinajstić information content (AvgIpc) is 2.35. The lowest BCUT2D eigenvalue weighted by atomic mass is 10.00. The van der Waals surface area contributed by atoms with Crippen molar-refractivity contribution < 1.29 is 4.79 Å². The van der Waals surface area contributed by atoms with Crippen LogP contribution in [0.5, 0.6) is 0 Å². The second-order valence-corrected chi connectivity index (χ2v) is 4.95. The van der Waals surface area contributed by atoms with E-state index in [9.17, 15) is 4.79 Å². The Morgan fingerprint density at radius 1 is 1.50 bits per heavy atom. The van der Waals surface area contributed by atoms with Crippen molar-refractivity contribution in [1.82, 2.24) is 10.2 Å². The molecule has 0 aromatic heterocycles. The lowest BCUT2D eigenvalue weighted by molar-refractivity contribution is -0.131. The lowest BCUT2D eigenvalue weighted by Crippen LogP contribution is -2.38. The van der Waals surface area contributed by atoms with E-state index in [1.807, 2.05) is 11.9 Å². The summed E-state index contributed by atoms with van der Waals surface area (Å²) in [6.45, 7) is 5.36. The minimum Gasteiger partial charge on any atom is -0.343 e. The number of piperidine rings is 1. The van der Waals surface area contributed by atoms with Crippen LogP contribution < -0.4 is 5.32 Å². The van der Waals surface area contributed by atoms with E-state index >= 15 is 0 Å². The SMILES string of the molecule is CCC(C)N(C)C(=O)CCC1CCCCN1. The van der Waals surface area contributed by atoms with Crippen molar-refractivity contribution in [3.63, 3.8) is 0 Å². The van der Waals surface area contributed by atoms with Crippen LogP contribution in [-0.4, -0.2) is 36.5 Å². The molecule has 0 saturated carbocycles. The van der Waals surface area contributed by atoms with Gasteiger partial charge in [-0.25, -0.2) is 0 Å². The van der Waals surface area contributed by atoms with Crippen molar-refractivity contribution in [2.24, 2.45) is 0 Å². The van der Waals surface area contributed by atoms with Crippen LogP contribution in [0, 0.1) is 0 Å². The van der Waals surface area contributed by atoms with Crippen LogP contribution in [-0.2, 0) is 4.79 Å². The minimum atomic E-state index is 0.293. The molecule has 1 amide bonds. The average molecular weight is 226 g/mol. The van der Waals surface area contributed by atoms with E-state index in [-0.39, 0.29) is 0 Å². The van der Waals surface area contributed by atoms with E-state index in [1.54, 1.807) is 0 Å². The number of amides is 1. The van der Waals surface area contributed by atoms with Crippen molar-refractivity contribution in [1.29, 1.82) is 0 Å². The van der Waals surface area contributed by atoms with Gasteiger partial charge in [-0.1, -0.05) is 13.3 Å². The quantitative estimate of drug-likeness (QED) is 0.779. The first kappa shape index (κ1) is 13.5. The first-order valence-corrected chi connectivity index (χ1v) is 6.64. The molecule has 1 rings (SSSR count). The zero-order chi connectivity index (χ0) is 12.0. The molecule has 3 nitrogen and oxygen atoms in total. The molecule has 1 aliphatic rings. The summed E-state index contributed by atoms with van der Waals surface area (Å²) in [7, 11) is 1.92. The summed E-state index contributed by atoms with van der Waals surface area (Å²) in [5, 5.41) is 3.49. The van der Waals surface area contributed by atoms with Crippen LogP contribution in [0.1, 0.15) is 52.4 Å². The first-order valence-electron chi connectivity index (χ1n) is 6.64. The number of rotatable bonds is 5. The van der Waals surface area contributed by atoms with Crippen LogP contribution >= 0.6 is 0 Å². The molecule has 0 radical (unpaired) electrons. The smallest absolute Gasteiger partial charge is 0.222 e. The summed E-state index contributed by atoms with van der Waals surface area (Å²) in [6, 6.07) is 0.940. The Kier molecular flexibility index (Phi) is 5.81. The number of hydrogen-bond donors (Lipinski definition) is 1. The fourth-order valence-corrected chi connectivity index (χ4v) is 2.16. The summed E-state index contributed by atoms with van der Waals surface area (Å²) in [5.41, 5.74) is 0. The molecule has 1 aliphatic heterocycles. The monoisotopic (exact) mass is 226 g/mol. The molecule has 94 valence electrons. The van der Waals surface area contributed by atoms with Gasteiger partial charge in [0.15, 0.2) is 0 Å². The third-order valence-electron chi connectivity index (χ3n) is 3.76. The standard InChI is InChI=1S/C13H26N2O/c1-4-11(2)15(3)13(16)9-8-12-7-5-6-10-14-12/h11-12,14H,4-10H2,1-3H3. The molecule has 0 spiro atoms. The van der Waals surface area contributed by atoms with Gasteiger partial charge in [0.1, 0.15) is 0 Å². The molecule has 2 atom stereocenters. The Hall–Kier alpha value is -0.570. The van der Waals surface area contributed by atoms with Crippen LogP contribution in [0.15, 0.2) is 0 Å². The van der Waals surface area contributed by atoms with Crippen molar-refractivity contribution in [3.8, 4) is 0 Å². The molecule has 16 heavy (non-hydrogen) atoms. The van der Waals surface area contributed by atoms with Crippen molar-refractivity contribution in [2.75, 3.05) is 13.6 Å². The summed E-state index contributed by atoms with van der Waals surface area (Å²) in [5.74, 6) is 0.293. The van der Waals surface area contributed by atoms with Gasteiger partial charge in [0.2, 0.25) is 5.91 Å². The number of nitrogens with zero attached hydrogens (tertiary/aromatic N) is 1. The maximum atomic E-state index is 11.9. The molecule has 0 bridgehead atoms. The topological polar surface area (TPSA) is 32.3 Å². The summed E-state index contributed by atoms with van der Waals surface area (Å²) in [6.07, 6.45) is 6.56. The van der Waals surface area contributed by atoms with E-state index in [2.05, 4.69) is 19.2 Å². The largest absolute Gasteiger partial charge is 0.343 e. The highest BCUT2D eigenvalue weighted by molar-refractivity contribution is 5.76. The highest BCUT2D eigenvalue weighted by Crippen LogP contribution is 2.13. The fourth-order valence-electron chi connectivity index (χ4n) is 2.16. The van der Waals surface area contributed by atoms with Gasteiger partial charge in [-0.3, -0.25) is 4.79 Å². The molecular formula is C13H26N2O. The van der Waals surface area contributed by atoms with Crippen LogP contribution in [0.25, 0.3) is 0 Å². The van der Waals surface area contributed by atoms with Crippen molar-refractivity contribution in [2.45, 2.75) is 64.5 Å². The zero-order valence-electron chi connectivity index (χ0n) is 11.0. The highest BCUT2D eigenvalue weighted by atomic mass is 16.2. The highest BCUT2D eigenvalue weighted by Gasteiger charge is 2.17. The van der Waals surface area contributed by atoms with Crippen LogP contribution in [0.4, 0.5) is 0 Å². The number of carbonyl (C=O) groups is 1. The minimum absolute atomic E-state index is 0.293. The summed E-state index contributed by atoms with van der Waals surface area (Å²) >= 11 is 0. The van der Waals surface area contributed by atoms with Crippen LogP contribution in [0.3, 0.4) is 0 Å². The van der Waals surface area contributed by atoms with E-state index in [0.29, 0.717) is 24.4 Å². The molecule has 0 aromatic carbocycles. The third kappa shape index (κ3) is 4.12. The number of hydrogen-bond acceptors (Lipinski definition) is 2. The van der Waals surface area contributed by atoms with Gasteiger partial charge >= 0.3 is 0 Å². The van der Waals surface area contributed by atoms with Gasteiger partial charge < -0.3 is 10.2 Å². The molecule has 0 aromatic rings. The van der Waals surface area contributed by atoms with Gasteiger partial charge in [-0.15, -0.1) is 0 Å². The van der Waals surface area contributed by atoms with Crippen LogP contribution in [0.2, 0.25) is 0 Å². The van der Waals surface area contributed by atoms with Gasteiger partial charge in [0.25, 0.3) is 0 Å². The molecule has 0 aliphatic carbocycles. The maximum Gasteiger partial charge on any atom is 0.222 e. The Balaban J connectivity index is 2.23. The van der Waals surface area contributed by atoms with Gasteiger partial charge in [-0.2, -0.15) is 0 Å². The number of carbonyl (C=O) groups excluding carboxylic acids is 1. The van der Waals surface area contributed by atoms with Gasteiger partial charge in [-0.05, 0) is 39.2 Å². The van der Waals surface area contributed by atoms with E-state index in [4.69, 9.17) is 0 Å². The maximum absolute atomic E-state index is 11.9. The molecule has 1 N–H and O–H groups in total. The predicted molar refractivity (Wildman–Crippen MR) is 67.4 cm³/mol. The molecule has 3 heteroatoms. The van der Waals surface area contributed by atoms with Gasteiger partial charge in [0.05, 0.1) is 0 Å². The Morgan fingerprint density at radius 2 is 2.25 bits per heavy atom. The van der Waals surface area contributed by atoms with Crippen molar-refractivity contribution in [3.05, 3.63) is 0 Å². The lowest BCUT2D eigenvalue weighted by Gasteiger charge is -2.26. The fraction of sp³-hybridized carbons (Fsp3) is 0.923. The second kappa shape index (κ2) is 6.89. The molecule has 1 saturated heterocycles. The first-order chi connectivity index (χ1) is 7.65. The Bertz CT molecular complexity index is 212. The Morgan fingerprint density at radius 3 is 2.81 bits per heavy atom. The normalized spacial score (nSPS) is 22.8. The molecule has 1 heterocycles. The van der Waals surface area contributed by atoms with Crippen molar-refractivity contribution >= 4 is 5.91 Å². The summed E-state index contributed by atoms with van der Waals surface area (Å²) < 4.78 is 0. The van der Waals surface area contributed by atoms with E-state index in [1.165, 1.54) is 19.3 Å². The third-order valence-corrected chi connectivity index (χ3v) is 3.76. The molecule has 1 fully saturated rings.